The quantitative estimate of drug-likeness (QED) is 0.449. The largest absolute Gasteiger partial charge is 0.389 e. The molecule has 3 unspecified atom stereocenters. The molecule has 15 heavy (non-hydrogen) atoms. The fourth-order valence-corrected chi connectivity index (χ4v) is 1.94. The van der Waals surface area contributed by atoms with Crippen molar-refractivity contribution < 1.29 is 5.11 Å². The predicted octanol–water partition coefficient (Wildman–Crippen LogP) is 4.17. The van der Waals surface area contributed by atoms with Crippen LogP contribution in [0.1, 0.15) is 59.3 Å². The van der Waals surface area contributed by atoms with Crippen molar-refractivity contribution in [3.63, 3.8) is 0 Å². The highest BCUT2D eigenvalue weighted by Gasteiger charge is 2.07. The highest BCUT2D eigenvalue weighted by Crippen LogP contribution is 2.20. The summed E-state index contributed by atoms with van der Waals surface area (Å²) >= 11 is 0. The van der Waals surface area contributed by atoms with Gasteiger partial charge in [0.05, 0.1) is 6.10 Å². The van der Waals surface area contributed by atoms with Crippen LogP contribution in [-0.4, -0.2) is 11.2 Å². The van der Waals surface area contributed by atoms with Crippen LogP contribution in [0.2, 0.25) is 0 Å². The van der Waals surface area contributed by atoms with E-state index in [-0.39, 0.29) is 6.10 Å². The monoisotopic (exact) mass is 212 g/mol. The minimum absolute atomic E-state index is 0.296. The van der Waals surface area contributed by atoms with E-state index in [1.54, 1.807) is 6.08 Å². The second-order valence-corrected chi connectivity index (χ2v) is 4.94. The van der Waals surface area contributed by atoms with Crippen molar-refractivity contribution in [2.75, 3.05) is 0 Å². The van der Waals surface area contributed by atoms with Crippen molar-refractivity contribution in [2.24, 2.45) is 11.8 Å². The second kappa shape index (κ2) is 8.96. The first-order chi connectivity index (χ1) is 7.10. The summed E-state index contributed by atoms with van der Waals surface area (Å²) in [6.07, 6.45) is 8.51. The average molecular weight is 212 g/mol. The van der Waals surface area contributed by atoms with Gasteiger partial charge < -0.3 is 5.11 Å². The van der Waals surface area contributed by atoms with Gasteiger partial charge in [-0.15, -0.1) is 6.58 Å². The van der Waals surface area contributed by atoms with E-state index in [0.29, 0.717) is 0 Å². The lowest BCUT2D eigenvalue weighted by Crippen LogP contribution is -2.04. The van der Waals surface area contributed by atoms with Crippen LogP contribution in [0.3, 0.4) is 0 Å². The number of rotatable bonds is 9. The Balaban J connectivity index is 3.38. The smallest absolute Gasteiger partial charge is 0.0718 e. The zero-order chi connectivity index (χ0) is 11.7. The van der Waals surface area contributed by atoms with Crippen LogP contribution < -0.4 is 0 Å². The Morgan fingerprint density at radius 1 is 1.13 bits per heavy atom. The number of aliphatic hydroxyl groups excluding tert-OH is 1. The molecule has 0 aromatic rings. The van der Waals surface area contributed by atoms with Crippen LogP contribution >= 0.6 is 0 Å². The Morgan fingerprint density at radius 2 is 1.73 bits per heavy atom. The molecule has 0 aliphatic carbocycles. The Morgan fingerprint density at radius 3 is 2.27 bits per heavy atom. The first-order valence-corrected chi connectivity index (χ1v) is 6.40. The van der Waals surface area contributed by atoms with E-state index in [0.717, 1.165) is 24.7 Å². The van der Waals surface area contributed by atoms with Crippen LogP contribution in [0.4, 0.5) is 0 Å². The van der Waals surface area contributed by atoms with E-state index in [1.165, 1.54) is 25.7 Å². The molecule has 0 amide bonds. The van der Waals surface area contributed by atoms with Gasteiger partial charge in [0.15, 0.2) is 0 Å². The summed E-state index contributed by atoms with van der Waals surface area (Å²) < 4.78 is 0. The maximum Gasteiger partial charge on any atom is 0.0718 e. The molecule has 0 aliphatic rings. The minimum Gasteiger partial charge on any atom is -0.389 e. The fraction of sp³-hybridized carbons (Fsp3) is 0.857. The molecule has 0 fully saturated rings. The lowest BCUT2D eigenvalue weighted by molar-refractivity contribution is 0.207. The average Bonchev–Trinajstić information content (AvgIpc) is 2.23. The number of hydrogen-bond acceptors (Lipinski definition) is 1. The molecule has 1 N–H and O–H groups in total. The molecule has 0 bridgehead atoms. The molecule has 0 radical (unpaired) electrons. The Bertz CT molecular complexity index is 153. The van der Waals surface area contributed by atoms with E-state index in [9.17, 15) is 5.11 Å². The molecule has 0 aromatic carbocycles. The molecule has 90 valence electrons. The molecule has 0 aliphatic heterocycles. The topological polar surface area (TPSA) is 20.2 Å². The molecule has 1 nitrogen and oxygen atoms in total. The van der Waals surface area contributed by atoms with Crippen LogP contribution in [0.5, 0.6) is 0 Å². The van der Waals surface area contributed by atoms with E-state index in [1.807, 2.05) is 0 Å². The first kappa shape index (κ1) is 14.7. The number of unbranched alkanes of at least 4 members (excludes halogenated alkanes) is 1. The van der Waals surface area contributed by atoms with Crippen molar-refractivity contribution in [3.8, 4) is 0 Å². The molecular formula is C14H28O. The first-order valence-electron chi connectivity index (χ1n) is 6.40. The molecule has 3 atom stereocenters. The zero-order valence-corrected chi connectivity index (χ0v) is 10.7. The van der Waals surface area contributed by atoms with Gasteiger partial charge in [0.1, 0.15) is 0 Å². The zero-order valence-electron chi connectivity index (χ0n) is 10.7. The van der Waals surface area contributed by atoms with Gasteiger partial charge in [-0.25, -0.2) is 0 Å². The summed E-state index contributed by atoms with van der Waals surface area (Å²) in [6.45, 7) is 10.5. The third-order valence-electron chi connectivity index (χ3n) is 3.22. The van der Waals surface area contributed by atoms with Gasteiger partial charge in [0.25, 0.3) is 0 Å². The van der Waals surface area contributed by atoms with Gasteiger partial charge in [0, 0.05) is 0 Å². The van der Waals surface area contributed by atoms with E-state index in [2.05, 4.69) is 27.4 Å². The van der Waals surface area contributed by atoms with Crippen LogP contribution in [-0.2, 0) is 0 Å². The van der Waals surface area contributed by atoms with Crippen molar-refractivity contribution in [1.82, 2.24) is 0 Å². The van der Waals surface area contributed by atoms with Crippen LogP contribution in [0.15, 0.2) is 12.7 Å². The van der Waals surface area contributed by atoms with Crippen LogP contribution in [0, 0.1) is 11.8 Å². The van der Waals surface area contributed by atoms with Gasteiger partial charge >= 0.3 is 0 Å². The lowest BCUT2D eigenvalue weighted by atomic mass is 9.91. The maximum atomic E-state index is 9.29. The number of aliphatic hydroxyl groups is 1. The standard InChI is InChI=1S/C14H28O/c1-5-12(3)11-13(4)9-7-8-10-14(15)6-2/h6,12-15H,2,5,7-11H2,1,3-4H3. The fourth-order valence-electron chi connectivity index (χ4n) is 1.94. The van der Waals surface area contributed by atoms with Crippen molar-refractivity contribution in [2.45, 2.75) is 65.4 Å². The summed E-state index contributed by atoms with van der Waals surface area (Å²) in [6, 6.07) is 0. The van der Waals surface area contributed by atoms with Gasteiger partial charge in [-0.3, -0.25) is 0 Å². The molecule has 0 aromatic heterocycles. The summed E-state index contributed by atoms with van der Waals surface area (Å²) in [5.74, 6) is 1.69. The molecule has 0 saturated carbocycles. The van der Waals surface area contributed by atoms with E-state index >= 15 is 0 Å². The van der Waals surface area contributed by atoms with E-state index in [4.69, 9.17) is 0 Å². The Kier molecular flexibility index (Phi) is 8.79. The summed E-state index contributed by atoms with van der Waals surface area (Å²) in [5.41, 5.74) is 0. The van der Waals surface area contributed by atoms with E-state index < -0.39 is 0 Å². The van der Waals surface area contributed by atoms with Gasteiger partial charge in [-0.1, -0.05) is 52.5 Å². The maximum absolute atomic E-state index is 9.29. The van der Waals surface area contributed by atoms with Crippen molar-refractivity contribution >= 4 is 0 Å². The van der Waals surface area contributed by atoms with Crippen LogP contribution in [0.25, 0.3) is 0 Å². The molecule has 0 rings (SSSR count). The van der Waals surface area contributed by atoms with Gasteiger partial charge in [0.2, 0.25) is 0 Å². The SMILES string of the molecule is C=CC(O)CCCCC(C)CC(C)CC. The summed E-state index contributed by atoms with van der Waals surface area (Å²) in [4.78, 5) is 0. The number of hydrogen-bond donors (Lipinski definition) is 1. The summed E-state index contributed by atoms with van der Waals surface area (Å²) in [5, 5.41) is 9.29. The highest BCUT2D eigenvalue weighted by molar-refractivity contribution is 4.77. The van der Waals surface area contributed by atoms with Gasteiger partial charge in [-0.2, -0.15) is 0 Å². The summed E-state index contributed by atoms with van der Waals surface area (Å²) in [7, 11) is 0. The van der Waals surface area contributed by atoms with Crippen molar-refractivity contribution in [1.29, 1.82) is 0 Å². The Hall–Kier alpha value is -0.300. The Labute approximate surface area is 95.6 Å². The van der Waals surface area contributed by atoms with Crippen molar-refractivity contribution in [3.05, 3.63) is 12.7 Å². The van der Waals surface area contributed by atoms with Gasteiger partial charge in [-0.05, 0) is 24.7 Å². The third kappa shape index (κ3) is 8.68. The lowest BCUT2D eigenvalue weighted by Gasteiger charge is -2.15. The predicted molar refractivity (Wildman–Crippen MR) is 67.9 cm³/mol. The molecule has 1 heteroatoms. The molecule has 0 spiro atoms. The molecular weight excluding hydrogens is 184 g/mol. The second-order valence-electron chi connectivity index (χ2n) is 4.94. The minimum atomic E-state index is -0.296. The normalized spacial score (nSPS) is 17.1. The molecule has 0 heterocycles. The third-order valence-corrected chi connectivity index (χ3v) is 3.22. The molecule has 0 saturated heterocycles. The highest BCUT2D eigenvalue weighted by atomic mass is 16.3.